The van der Waals surface area contributed by atoms with Crippen molar-refractivity contribution in [3.63, 3.8) is 0 Å². The molecular formula is C48H31NO2. The second kappa shape index (κ2) is 11.9. The van der Waals surface area contributed by atoms with Crippen molar-refractivity contribution in [3.05, 3.63) is 188 Å². The number of nitrogens with zero attached hydrogens (tertiary/aromatic N) is 1. The molecule has 0 saturated heterocycles. The van der Waals surface area contributed by atoms with Crippen molar-refractivity contribution in [1.29, 1.82) is 0 Å². The molecule has 10 aromatic rings. The van der Waals surface area contributed by atoms with E-state index >= 15 is 0 Å². The normalized spacial score (nSPS) is 11.5. The van der Waals surface area contributed by atoms with Crippen LogP contribution in [-0.2, 0) is 0 Å². The van der Waals surface area contributed by atoms with Gasteiger partial charge < -0.3 is 13.7 Å². The van der Waals surface area contributed by atoms with Crippen LogP contribution in [0.3, 0.4) is 0 Å². The molecule has 0 bridgehead atoms. The lowest BCUT2D eigenvalue weighted by molar-refractivity contribution is 0.669. The Bertz CT molecular complexity index is 2830. The fraction of sp³-hybridized carbons (Fsp3) is 0. The Morgan fingerprint density at radius 2 is 0.824 bits per heavy atom. The van der Waals surface area contributed by atoms with Crippen molar-refractivity contribution < 1.29 is 8.83 Å². The van der Waals surface area contributed by atoms with Crippen LogP contribution < -0.4 is 4.90 Å². The van der Waals surface area contributed by atoms with E-state index in [0.29, 0.717) is 0 Å². The van der Waals surface area contributed by atoms with Crippen LogP contribution in [0, 0.1) is 0 Å². The van der Waals surface area contributed by atoms with Crippen LogP contribution in [0.2, 0.25) is 0 Å². The van der Waals surface area contributed by atoms with Gasteiger partial charge in [-0.15, -0.1) is 0 Å². The number of hydrogen-bond acceptors (Lipinski definition) is 3. The predicted molar refractivity (Wildman–Crippen MR) is 212 cm³/mol. The van der Waals surface area contributed by atoms with E-state index < -0.39 is 0 Å². The van der Waals surface area contributed by atoms with Gasteiger partial charge in [-0.1, -0.05) is 146 Å². The van der Waals surface area contributed by atoms with Crippen molar-refractivity contribution in [1.82, 2.24) is 0 Å². The first-order chi connectivity index (χ1) is 25.3. The monoisotopic (exact) mass is 653 g/mol. The van der Waals surface area contributed by atoms with Crippen molar-refractivity contribution in [2.75, 3.05) is 4.90 Å². The Balaban J connectivity index is 1.13. The molecule has 0 fully saturated rings. The second-order valence-electron chi connectivity index (χ2n) is 12.9. The number of furan rings is 2. The summed E-state index contributed by atoms with van der Waals surface area (Å²) in [6.45, 7) is 0. The molecule has 2 aromatic heterocycles. The van der Waals surface area contributed by atoms with Crippen LogP contribution in [0.15, 0.2) is 197 Å². The first-order valence-electron chi connectivity index (χ1n) is 17.3. The molecule has 0 radical (unpaired) electrons. The largest absolute Gasteiger partial charge is 0.455 e. The van der Waals surface area contributed by atoms with E-state index in [-0.39, 0.29) is 0 Å². The Morgan fingerprint density at radius 1 is 0.314 bits per heavy atom. The topological polar surface area (TPSA) is 29.5 Å². The molecule has 0 saturated carbocycles. The Kier molecular flexibility index (Phi) is 6.81. The minimum absolute atomic E-state index is 0.825. The zero-order valence-electron chi connectivity index (χ0n) is 27.7. The quantitative estimate of drug-likeness (QED) is 0.179. The summed E-state index contributed by atoms with van der Waals surface area (Å²) in [5.41, 5.74) is 13.4. The molecule has 0 aliphatic rings. The van der Waals surface area contributed by atoms with E-state index in [9.17, 15) is 0 Å². The number of benzene rings is 8. The van der Waals surface area contributed by atoms with Gasteiger partial charge >= 0.3 is 0 Å². The third-order valence-corrected chi connectivity index (χ3v) is 9.91. The van der Waals surface area contributed by atoms with E-state index in [1.807, 2.05) is 18.2 Å². The molecule has 0 aliphatic carbocycles. The van der Waals surface area contributed by atoms with Crippen LogP contribution in [0.1, 0.15) is 0 Å². The van der Waals surface area contributed by atoms with Crippen LogP contribution in [0.5, 0.6) is 0 Å². The van der Waals surface area contributed by atoms with Gasteiger partial charge in [0.05, 0.1) is 5.69 Å². The van der Waals surface area contributed by atoms with Crippen molar-refractivity contribution >= 4 is 60.9 Å². The number of fused-ring (bicyclic) bond motifs is 6. The van der Waals surface area contributed by atoms with E-state index in [2.05, 4.69) is 175 Å². The standard InChI is InChI=1S/C48H31NO2/c1-3-12-32(13-4-1)33-22-24-34(25-23-33)35-26-28-37(29-27-35)49(36-14-5-2-6-15-36)43-31-30-39(46-42-17-8-10-21-45(42)51-48(43)46)41-19-11-18-40-38-16-7-9-20-44(38)50-47(40)41/h1-31H. The molecule has 0 atom stereocenters. The SMILES string of the molecule is c1ccc(-c2ccc(-c3ccc(N(c4ccccc4)c4ccc(-c5cccc6c5oc5ccccc56)c5c4oc4ccccc45)cc3)cc2)cc1. The van der Waals surface area contributed by atoms with Gasteiger partial charge in [0.2, 0.25) is 0 Å². The van der Waals surface area contributed by atoms with Gasteiger partial charge in [0.15, 0.2) is 5.58 Å². The zero-order valence-corrected chi connectivity index (χ0v) is 27.7. The van der Waals surface area contributed by atoms with E-state index in [1.54, 1.807) is 0 Å². The van der Waals surface area contributed by atoms with Gasteiger partial charge in [0, 0.05) is 38.5 Å². The molecular weight excluding hydrogens is 623 g/mol. The highest BCUT2D eigenvalue weighted by Crippen LogP contribution is 2.47. The molecule has 0 amide bonds. The highest BCUT2D eigenvalue weighted by atomic mass is 16.3. The lowest BCUT2D eigenvalue weighted by Gasteiger charge is -2.26. The smallest absolute Gasteiger partial charge is 0.160 e. The van der Waals surface area contributed by atoms with Crippen LogP contribution in [0.25, 0.3) is 77.3 Å². The third kappa shape index (κ3) is 4.90. The molecule has 0 unspecified atom stereocenters. The van der Waals surface area contributed by atoms with Gasteiger partial charge in [0.25, 0.3) is 0 Å². The number of para-hydroxylation sites is 4. The minimum atomic E-state index is 0.825. The Labute approximate surface area is 295 Å². The highest BCUT2D eigenvalue weighted by molar-refractivity contribution is 6.20. The summed E-state index contributed by atoms with van der Waals surface area (Å²) in [6, 6.07) is 66.0. The van der Waals surface area contributed by atoms with E-state index in [0.717, 1.165) is 77.6 Å². The lowest BCUT2D eigenvalue weighted by Crippen LogP contribution is -2.10. The molecule has 0 N–H and O–H groups in total. The first-order valence-corrected chi connectivity index (χ1v) is 17.3. The number of rotatable bonds is 6. The fourth-order valence-corrected chi connectivity index (χ4v) is 7.47. The molecule has 51 heavy (non-hydrogen) atoms. The van der Waals surface area contributed by atoms with Crippen LogP contribution >= 0.6 is 0 Å². The molecule has 2 heterocycles. The van der Waals surface area contributed by atoms with E-state index in [4.69, 9.17) is 8.83 Å². The zero-order chi connectivity index (χ0) is 33.7. The summed E-state index contributed by atoms with van der Waals surface area (Å²) in [7, 11) is 0. The average molecular weight is 654 g/mol. The maximum absolute atomic E-state index is 6.81. The Morgan fingerprint density at radius 3 is 1.53 bits per heavy atom. The van der Waals surface area contributed by atoms with Crippen molar-refractivity contribution in [3.8, 4) is 33.4 Å². The maximum Gasteiger partial charge on any atom is 0.160 e. The highest BCUT2D eigenvalue weighted by Gasteiger charge is 2.23. The summed E-state index contributed by atoms with van der Waals surface area (Å²) in [6.07, 6.45) is 0. The van der Waals surface area contributed by atoms with Gasteiger partial charge in [-0.05, 0) is 70.3 Å². The second-order valence-corrected chi connectivity index (χ2v) is 12.9. The minimum Gasteiger partial charge on any atom is -0.455 e. The van der Waals surface area contributed by atoms with Crippen molar-refractivity contribution in [2.24, 2.45) is 0 Å². The summed E-state index contributed by atoms with van der Waals surface area (Å²) in [4.78, 5) is 2.29. The number of hydrogen-bond donors (Lipinski definition) is 0. The Hall–Kier alpha value is -6.84. The molecule has 0 aliphatic heterocycles. The molecule has 240 valence electrons. The lowest BCUT2D eigenvalue weighted by atomic mass is 9.96. The third-order valence-electron chi connectivity index (χ3n) is 9.91. The van der Waals surface area contributed by atoms with Gasteiger partial charge in [0.1, 0.15) is 16.7 Å². The summed E-state index contributed by atoms with van der Waals surface area (Å²) in [5.74, 6) is 0. The van der Waals surface area contributed by atoms with Gasteiger partial charge in [-0.3, -0.25) is 0 Å². The van der Waals surface area contributed by atoms with Crippen LogP contribution in [0.4, 0.5) is 17.1 Å². The molecule has 3 heteroatoms. The summed E-state index contributed by atoms with van der Waals surface area (Å²) in [5, 5.41) is 4.35. The molecule has 3 nitrogen and oxygen atoms in total. The first kappa shape index (κ1) is 29.1. The maximum atomic E-state index is 6.81. The van der Waals surface area contributed by atoms with Gasteiger partial charge in [-0.25, -0.2) is 0 Å². The summed E-state index contributed by atoms with van der Waals surface area (Å²) >= 11 is 0. The van der Waals surface area contributed by atoms with Gasteiger partial charge in [-0.2, -0.15) is 0 Å². The summed E-state index contributed by atoms with van der Waals surface area (Å²) < 4.78 is 13.3. The van der Waals surface area contributed by atoms with Crippen molar-refractivity contribution in [2.45, 2.75) is 0 Å². The average Bonchev–Trinajstić information content (AvgIpc) is 3.79. The molecule has 8 aromatic carbocycles. The predicted octanol–water partition coefficient (Wildman–Crippen LogP) is 14.0. The van der Waals surface area contributed by atoms with Crippen LogP contribution in [-0.4, -0.2) is 0 Å². The molecule has 0 spiro atoms. The number of anilines is 3. The fourth-order valence-electron chi connectivity index (χ4n) is 7.47. The van der Waals surface area contributed by atoms with E-state index in [1.165, 1.54) is 16.7 Å². The molecule has 10 rings (SSSR count).